The van der Waals surface area contributed by atoms with Gasteiger partial charge in [0.25, 0.3) is 0 Å². The van der Waals surface area contributed by atoms with Crippen molar-refractivity contribution in [3.8, 4) is 39.6 Å². The third kappa shape index (κ3) is 3.21. The van der Waals surface area contributed by atoms with Crippen LogP contribution in [-0.4, -0.2) is 4.57 Å². The summed E-state index contributed by atoms with van der Waals surface area (Å²) in [6, 6.07) is 55.2. The summed E-state index contributed by atoms with van der Waals surface area (Å²) in [7, 11) is 0. The molecule has 0 N–H and O–H groups in total. The molecular weight excluding hydrogens is 611 g/mol. The average Bonchev–Trinajstić information content (AvgIpc) is 3.80. The molecule has 0 atom stereocenters. The molecule has 0 fully saturated rings. The molecule has 0 saturated heterocycles. The fourth-order valence-corrected chi connectivity index (χ4v) is 9.59. The lowest BCUT2D eigenvalue weighted by Gasteiger charge is -2.39. The van der Waals surface area contributed by atoms with Gasteiger partial charge in [0.15, 0.2) is 0 Å². The van der Waals surface area contributed by atoms with Crippen molar-refractivity contribution in [2.24, 2.45) is 0 Å². The summed E-state index contributed by atoms with van der Waals surface area (Å²) in [5, 5.41) is 3.55. The number of aryl methyl sites for hydroxylation is 2. The molecule has 3 heteroatoms. The number of furan rings is 1. The van der Waals surface area contributed by atoms with E-state index in [-0.39, 0.29) is 0 Å². The van der Waals surface area contributed by atoms with Gasteiger partial charge in [-0.2, -0.15) is 0 Å². The van der Waals surface area contributed by atoms with Crippen molar-refractivity contribution in [2.75, 3.05) is 0 Å². The lowest BCUT2D eigenvalue weighted by atomic mass is 9.66. The largest absolute Gasteiger partial charge is 0.457 e. The van der Waals surface area contributed by atoms with E-state index in [1.807, 2.05) is 6.07 Å². The van der Waals surface area contributed by atoms with Crippen LogP contribution < -0.4 is 4.74 Å². The standard InChI is InChI=1S/C47H29NO2/c1-2-12-30-28(11-1)21-23-35-36-26-40-45(27-41(36)48(46(30)35)29-22-24-34-33-15-5-9-19-42(33)49-44(34)25-29)50-43-20-10-8-18-39(43)47(40)37-16-6-3-13-31(37)32-14-4-7-17-38(32)47/h1-20,22,24-27H,21,23H2. The normalized spacial score (nSPS) is 14.6. The van der Waals surface area contributed by atoms with Crippen molar-refractivity contribution < 1.29 is 9.15 Å². The molecule has 3 aliphatic rings. The Hall–Kier alpha value is -6.32. The van der Waals surface area contributed by atoms with Crippen molar-refractivity contribution in [3.05, 3.63) is 185 Å². The number of aromatic nitrogens is 1. The Morgan fingerprint density at radius 1 is 0.480 bits per heavy atom. The van der Waals surface area contributed by atoms with E-state index < -0.39 is 5.41 Å². The highest BCUT2D eigenvalue weighted by Crippen LogP contribution is 2.63. The summed E-state index contributed by atoms with van der Waals surface area (Å²) in [6.45, 7) is 0. The van der Waals surface area contributed by atoms with Crippen LogP contribution in [0.15, 0.2) is 156 Å². The molecule has 50 heavy (non-hydrogen) atoms. The highest BCUT2D eigenvalue weighted by molar-refractivity contribution is 6.06. The SMILES string of the molecule is c1ccc2c(c1)CCc1c-2n(-c2ccc3c(c2)oc2ccccc23)c2cc3c(cc12)C1(c2ccccc2O3)c2ccccc2-c2ccccc21. The number of para-hydroxylation sites is 2. The highest BCUT2D eigenvalue weighted by atomic mass is 16.5. The molecule has 9 aromatic rings. The van der Waals surface area contributed by atoms with Gasteiger partial charge in [0.1, 0.15) is 22.7 Å². The number of benzene rings is 7. The highest BCUT2D eigenvalue weighted by Gasteiger charge is 2.51. The second-order valence-corrected chi connectivity index (χ2v) is 13.9. The van der Waals surface area contributed by atoms with E-state index in [1.54, 1.807) is 0 Å². The molecule has 0 amide bonds. The van der Waals surface area contributed by atoms with Crippen LogP contribution in [-0.2, 0) is 18.3 Å². The van der Waals surface area contributed by atoms with Crippen LogP contribution in [0.4, 0.5) is 0 Å². The second-order valence-electron chi connectivity index (χ2n) is 13.9. The first-order valence-corrected chi connectivity index (χ1v) is 17.5. The third-order valence-corrected chi connectivity index (χ3v) is 11.6. The minimum absolute atomic E-state index is 0.500. The van der Waals surface area contributed by atoms with Crippen molar-refractivity contribution >= 4 is 32.8 Å². The average molecular weight is 640 g/mol. The Bertz CT molecular complexity index is 2880. The van der Waals surface area contributed by atoms with Crippen molar-refractivity contribution in [2.45, 2.75) is 18.3 Å². The van der Waals surface area contributed by atoms with Crippen LogP contribution in [0.2, 0.25) is 0 Å². The van der Waals surface area contributed by atoms with Crippen molar-refractivity contribution in [1.29, 1.82) is 0 Å². The Morgan fingerprint density at radius 3 is 2.00 bits per heavy atom. The minimum Gasteiger partial charge on any atom is -0.457 e. The summed E-state index contributed by atoms with van der Waals surface area (Å²) in [6.07, 6.45) is 1.98. The van der Waals surface area contributed by atoms with E-state index >= 15 is 0 Å². The number of rotatable bonds is 1. The number of hydrogen-bond acceptors (Lipinski definition) is 2. The van der Waals surface area contributed by atoms with Gasteiger partial charge in [0.05, 0.1) is 16.6 Å². The first-order valence-electron chi connectivity index (χ1n) is 17.5. The molecule has 0 bridgehead atoms. The van der Waals surface area contributed by atoms with E-state index in [2.05, 4.69) is 150 Å². The lowest BCUT2D eigenvalue weighted by molar-refractivity contribution is 0.437. The smallest absolute Gasteiger partial charge is 0.137 e. The van der Waals surface area contributed by atoms with Crippen molar-refractivity contribution in [3.63, 3.8) is 0 Å². The quantitative estimate of drug-likeness (QED) is 0.179. The van der Waals surface area contributed by atoms with Gasteiger partial charge >= 0.3 is 0 Å². The van der Waals surface area contributed by atoms with Gasteiger partial charge in [-0.15, -0.1) is 0 Å². The molecule has 12 rings (SSSR count). The topological polar surface area (TPSA) is 27.3 Å². The van der Waals surface area contributed by atoms with Crippen LogP contribution in [0, 0.1) is 0 Å². The Kier molecular flexibility index (Phi) is 5.02. The van der Waals surface area contributed by atoms with Gasteiger partial charge in [-0.3, -0.25) is 0 Å². The minimum atomic E-state index is -0.500. The molecule has 1 spiro atoms. The maximum Gasteiger partial charge on any atom is 0.137 e. The van der Waals surface area contributed by atoms with E-state index in [4.69, 9.17) is 9.15 Å². The molecule has 3 nitrogen and oxygen atoms in total. The molecule has 7 aromatic carbocycles. The maximum absolute atomic E-state index is 6.97. The van der Waals surface area contributed by atoms with Crippen LogP contribution in [0.25, 0.3) is 60.9 Å². The van der Waals surface area contributed by atoms with Gasteiger partial charge in [0, 0.05) is 50.7 Å². The van der Waals surface area contributed by atoms with Crippen LogP contribution in [0.1, 0.15) is 33.4 Å². The molecule has 0 radical (unpaired) electrons. The Morgan fingerprint density at radius 2 is 1.16 bits per heavy atom. The molecule has 1 aliphatic heterocycles. The number of fused-ring (bicyclic) bond motifs is 17. The fourth-order valence-electron chi connectivity index (χ4n) is 9.59. The molecule has 0 saturated carbocycles. The molecule has 3 heterocycles. The van der Waals surface area contributed by atoms with Gasteiger partial charge < -0.3 is 13.7 Å². The molecule has 0 unspecified atom stereocenters. The number of hydrogen-bond donors (Lipinski definition) is 0. The second kappa shape index (κ2) is 9.43. The van der Waals surface area contributed by atoms with Crippen LogP contribution in [0.5, 0.6) is 11.5 Å². The first-order chi connectivity index (χ1) is 24.8. The maximum atomic E-state index is 6.97. The molecule has 234 valence electrons. The number of ether oxygens (including phenoxy) is 1. The number of nitrogens with zero attached hydrogens (tertiary/aromatic N) is 1. The van der Waals surface area contributed by atoms with Gasteiger partial charge in [0.2, 0.25) is 0 Å². The lowest BCUT2D eigenvalue weighted by Crippen LogP contribution is -2.32. The van der Waals surface area contributed by atoms with Gasteiger partial charge in [-0.1, -0.05) is 109 Å². The predicted octanol–water partition coefficient (Wildman–Crippen LogP) is 11.8. The zero-order valence-corrected chi connectivity index (χ0v) is 27.1. The zero-order valence-electron chi connectivity index (χ0n) is 27.1. The third-order valence-electron chi connectivity index (χ3n) is 11.6. The van der Waals surface area contributed by atoms with E-state index in [9.17, 15) is 0 Å². The van der Waals surface area contributed by atoms with Gasteiger partial charge in [-0.05, 0) is 76.6 Å². The van der Waals surface area contributed by atoms with E-state index in [0.717, 1.165) is 57.5 Å². The Balaban J connectivity index is 1.21. The summed E-state index contributed by atoms with van der Waals surface area (Å²) in [5.41, 5.74) is 16.5. The van der Waals surface area contributed by atoms with E-state index in [1.165, 1.54) is 61.2 Å². The Labute approximate surface area is 288 Å². The van der Waals surface area contributed by atoms with Crippen LogP contribution in [0.3, 0.4) is 0 Å². The summed E-state index contributed by atoms with van der Waals surface area (Å²) in [5.74, 6) is 1.81. The molecular formula is C47H29NO2. The van der Waals surface area contributed by atoms with E-state index in [0.29, 0.717) is 0 Å². The fraction of sp³-hybridized carbons (Fsp3) is 0.0638. The van der Waals surface area contributed by atoms with Crippen molar-refractivity contribution in [1.82, 2.24) is 4.57 Å². The summed E-state index contributed by atoms with van der Waals surface area (Å²) >= 11 is 0. The summed E-state index contributed by atoms with van der Waals surface area (Å²) in [4.78, 5) is 0. The zero-order chi connectivity index (χ0) is 32.6. The summed E-state index contributed by atoms with van der Waals surface area (Å²) < 4.78 is 15.9. The predicted molar refractivity (Wildman–Crippen MR) is 201 cm³/mol. The molecule has 2 aliphatic carbocycles. The molecule has 2 aromatic heterocycles. The first kappa shape index (κ1) is 26.6. The monoisotopic (exact) mass is 639 g/mol. The van der Waals surface area contributed by atoms with Crippen LogP contribution >= 0.6 is 0 Å². The van der Waals surface area contributed by atoms with Gasteiger partial charge in [-0.25, -0.2) is 0 Å².